The first kappa shape index (κ1) is 26.6. The molecular formula is C24H30N4O8. The highest BCUT2D eigenvalue weighted by Crippen LogP contribution is 2.25. The van der Waals surface area contributed by atoms with Crippen molar-refractivity contribution in [1.29, 1.82) is 0 Å². The maximum absolute atomic E-state index is 13.4. The van der Waals surface area contributed by atoms with Crippen LogP contribution in [0.3, 0.4) is 0 Å². The molecule has 2 aliphatic rings. The van der Waals surface area contributed by atoms with Crippen LogP contribution in [0.2, 0.25) is 0 Å². The number of carbonyl (C=O) groups excluding carboxylic acids is 5. The number of fused-ring (bicyclic) bond motifs is 1. The number of aliphatic carboxylic acids is 1. The Kier molecular flexibility index (Phi) is 8.98. The second-order valence-corrected chi connectivity index (χ2v) is 8.63. The standard InChI is InChI=1S/C24H30N4O8/c1-2-19(29)17(13-21(31)32)25-22(33)18-9-6-12-27-20(30)11-10-16(23(34)28(18)27)26-24(35)36-14-15-7-4-3-5-8-15/h3-5,7-8,16-18H,2,6,9-14H2,1H3,(H,25,33)(H,26,35)(H,31,32)/t16?,17-,18?/m0/s1. The lowest BCUT2D eigenvalue weighted by molar-refractivity contribution is -0.176. The number of hydrogen-bond donors (Lipinski definition) is 3. The van der Waals surface area contributed by atoms with Crippen molar-refractivity contribution < 1.29 is 38.6 Å². The Morgan fingerprint density at radius 2 is 1.86 bits per heavy atom. The van der Waals surface area contributed by atoms with E-state index in [1.54, 1.807) is 31.2 Å². The van der Waals surface area contributed by atoms with Crippen molar-refractivity contribution in [3.05, 3.63) is 35.9 Å². The molecule has 0 aromatic heterocycles. The Bertz CT molecular complexity index is 1010. The van der Waals surface area contributed by atoms with Crippen LogP contribution in [0.25, 0.3) is 0 Å². The Hall–Kier alpha value is -3.96. The molecular weight excluding hydrogens is 472 g/mol. The highest BCUT2D eigenvalue weighted by molar-refractivity contribution is 5.97. The van der Waals surface area contributed by atoms with Gasteiger partial charge < -0.3 is 20.5 Å². The molecule has 0 aliphatic carbocycles. The van der Waals surface area contributed by atoms with Gasteiger partial charge in [-0.3, -0.25) is 29.0 Å². The number of carboxylic acids is 1. The molecule has 12 heteroatoms. The second kappa shape index (κ2) is 12.1. The minimum atomic E-state index is -1.26. The number of alkyl carbamates (subject to hydrolysis) is 1. The van der Waals surface area contributed by atoms with Crippen LogP contribution in [0.15, 0.2) is 30.3 Å². The van der Waals surface area contributed by atoms with Crippen LogP contribution in [-0.4, -0.2) is 75.4 Å². The molecule has 3 rings (SSSR count). The summed E-state index contributed by atoms with van der Waals surface area (Å²) in [5, 5.41) is 16.3. The van der Waals surface area contributed by atoms with E-state index in [9.17, 15) is 28.8 Å². The van der Waals surface area contributed by atoms with Gasteiger partial charge in [-0.15, -0.1) is 0 Å². The van der Waals surface area contributed by atoms with E-state index in [1.807, 2.05) is 6.07 Å². The first-order valence-electron chi connectivity index (χ1n) is 11.9. The minimum Gasteiger partial charge on any atom is -0.481 e. The van der Waals surface area contributed by atoms with Gasteiger partial charge in [0.05, 0.1) is 12.5 Å². The van der Waals surface area contributed by atoms with Gasteiger partial charge in [0.2, 0.25) is 11.8 Å². The Balaban J connectivity index is 1.73. The number of ether oxygens (including phenoxy) is 1. The molecule has 2 fully saturated rings. The third kappa shape index (κ3) is 6.58. The van der Waals surface area contributed by atoms with Gasteiger partial charge in [0.25, 0.3) is 5.91 Å². The molecule has 2 aliphatic heterocycles. The Morgan fingerprint density at radius 3 is 2.53 bits per heavy atom. The van der Waals surface area contributed by atoms with E-state index in [0.29, 0.717) is 6.42 Å². The topological polar surface area (TPSA) is 162 Å². The predicted molar refractivity (Wildman–Crippen MR) is 124 cm³/mol. The summed E-state index contributed by atoms with van der Waals surface area (Å²) in [6.07, 6.45) is -0.799. The molecule has 3 N–H and O–H groups in total. The number of benzene rings is 1. The van der Waals surface area contributed by atoms with E-state index in [0.717, 1.165) is 10.6 Å². The molecule has 1 aromatic carbocycles. The van der Waals surface area contributed by atoms with E-state index >= 15 is 0 Å². The molecule has 3 atom stereocenters. The van der Waals surface area contributed by atoms with E-state index in [2.05, 4.69) is 10.6 Å². The van der Waals surface area contributed by atoms with Crippen molar-refractivity contribution in [1.82, 2.24) is 20.7 Å². The molecule has 2 unspecified atom stereocenters. The molecule has 0 bridgehead atoms. The first-order valence-corrected chi connectivity index (χ1v) is 11.9. The normalized spacial score (nSPS) is 20.6. The van der Waals surface area contributed by atoms with Crippen LogP contribution in [0.1, 0.15) is 51.0 Å². The fraction of sp³-hybridized carbons (Fsp3) is 0.500. The Morgan fingerprint density at radius 1 is 1.14 bits per heavy atom. The summed E-state index contributed by atoms with van der Waals surface area (Å²) >= 11 is 0. The summed E-state index contributed by atoms with van der Waals surface area (Å²) in [5.41, 5.74) is 0.756. The summed E-state index contributed by atoms with van der Waals surface area (Å²) in [6.45, 7) is 1.76. The van der Waals surface area contributed by atoms with Gasteiger partial charge in [-0.05, 0) is 24.8 Å². The molecule has 36 heavy (non-hydrogen) atoms. The quantitative estimate of drug-likeness (QED) is 0.445. The molecule has 4 amide bonds. The van der Waals surface area contributed by atoms with Crippen molar-refractivity contribution in [3.63, 3.8) is 0 Å². The molecule has 2 heterocycles. The lowest BCUT2D eigenvalue weighted by atomic mass is 10.0. The largest absolute Gasteiger partial charge is 0.481 e. The average molecular weight is 503 g/mol. The van der Waals surface area contributed by atoms with Gasteiger partial charge in [0, 0.05) is 19.4 Å². The van der Waals surface area contributed by atoms with Gasteiger partial charge in [0.15, 0.2) is 5.78 Å². The molecule has 0 radical (unpaired) electrons. The molecule has 2 saturated heterocycles. The number of amides is 4. The zero-order chi connectivity index (χ0) is 26.2. The summed E-state index contributed by atoms with van der Waals surface area (Å²) in [7, 11) is 0. The number of carboxylic acid groups (broad SMARTS) is 1. The molecule has 194 valence electrons. The van der Waals surface area contributed by atoms with Crippen LogP contribution >= 0.6 is 0 Å². The predicted octanol–water partition coefficient (Wildman–Crippen LogP) is 0.748. The van der Waals surface area contributed by atoms with Gasteiger partial charge in [-0.25, -0.2) is 9.80 Å². The smallest absolute Gasteiger partial charge is 0.408 e. The number of nitrogens with zero attached hydrogens (tertiary/aromatic N) is 2. The SMILES string of the molecule is CCC(=O)[C@H](CC(=O)O)NC(=O)C1CCCN2C(=O)CCC(NC(=O)OCc3ccccc3)C(=O)N12. The minimum absolute atomic E-state index is 0.0101. The maximum Gasteiger partial charge on any atom is 0.408 e. The Labute approximate surface area is 207 Å². The van der Waals surface area contributed by atoms with Crippen molar-refractivity contribution in [2.45, 2.75) is 70.2 Å². The number of Topliss-reactive ketones (excluding diaryl/α,β-unsaturated/α-hetero) is 1. The number of rotatable bonds is 9. The summed E-state index contributed by atoms with van der Waals surface area (Å²) in [6, 6.07) is 5.46. The number of hydrazine groups is 1. The fourth-order valence-corrected chi connectivity index (χ4v) is 4.25. The summed E-state index contributed by atoms with van der Waals surface area (Å²) in [4.78, 5) is 75.0. The van der Waals surface area contributed by atoms with Gasteiger partial charge in [0.1, 0.15) is 18.7 Å². The van der Waals surface area contributed by atoms with Crippen molar-refractivity contribution in [3.8, 4) is 0 Å². The van der Waals surface area contributed by atoms with Crippen LogP contribution in [0.5, 0.6) is 0 Å². The lowest BCUT2D eigenvalue weighted by Gasteiger charge is -2.43. The highest BCUT2D eigenvalue weighted by atomic mass is 16.5. The van der Waals surface area contributed by atoms with E-state index < -0.39 is 54.2 Å². The van der Waals surface area contributed by atoms with Gasteiger partial charge in [-0.1, -0.05) is 37.3 Å². The van der Waals surface area contributed by atoms with Crippen LogP contribution in [0.4, 0.5) is 4.79 Å². The molecule has 0 spiro atoms. The maximum atomic E-state index is 13.4. The second-order valence-electron chi connectivity index (χ2n) is 8.63. The fourth-order valence-electron chi connectivity index (χ4n) is 4.25. The zero-order valence-electron chi connectivity index (χ0n) is 20.0. The number of nitrogens with one attached hydrogen (secondary N) is 2. The van der Waals surface area contributed by atoms with Crippen molar-refractivity contribution >= 4 is 35.6 Å². The zero-order valence-corrected chi connectivity index (χ0v) is 20.0. The van der Waals surface area contributed by atoms with E-state index in [4.69, 9.17) is 9.84 Å². The van der Waals surface area contributed by atoms with E-state index in [-0.39, 0.29) is 44.7 Å². The van der Waals surface area contributed by atoms with Crippen LogP contribution in [-0.2, 0) is 35.3 Å². The van der Waals surface area contributed by atoms with Crippen LogP contribution in [0, 0.1) is 0 Å². The number of carbonyl (C=O) groups is 6. The monoisotopic (exact) mass is 502 g/mol. The highest BCUT2D eigenvalue weighted by Gasteiger charge is 2.45. The van der Waals surface area contributed by atoms with Crippen LogP contribution < -0.4 is 10.6 Å². The molecule has 1 aromatic rings. The van der Waals surface area contributed by atoms with Crippen molar-refractivity contribution in [2.24, 2.45) is 0 Å². The summed E-state index contributed by atoms with van der Waals surface area (Å²) in [5.74, 6) is -3.49. The molecule has 0 saturated carbocycles. The lowest BCUT2D eigenvalue weighted by Crippen LogP contribution is -2.64. The first-order chi connectivity index (χ1) is 17.2. The average Bonchev–Trinajstić information content (AvgIpc) is 2.99. The van der Waals surface area contributed by atoms with E-state index in [1.165, 1.54) is 5.01 Å². The van der Waals surface area contributed by atoms with Crippen molar-refractivity contribution in [2.75, 3.05) is 6.54 Å². The third-order valence-corrected chi connectivity index (χ3v) is 6.10. The number of ketones is 1. The summed E-state index contributed by atoms with van der Waals surface area (Å²) < 4.78 is 5.19. The third-order valence-electron chi connectivity index (χ3n) is 6.10. The van der Waals surface area contributed by atoms with Gasteiger partial charge in [-0.2, -0.15) is 0 Å². The number of hydrogen-bond acceptors (Lipinski definition) is 7. The van der Waals surface area contributed by atoms with Gasteiger partial charge >= 0.3 is 12.1 Å². The molecule has 12 nitrogen and oxygen atoms in total.